The Morgan fingerprint density at radius 2 is 1.73 bits per heavy atom. The van der Waals surface area contributed by atoms with Gasteiger partial charge in [0.2, 0.25) is 0 Å². The molecule has 0 atom stereocenters. The van der Waals surface area contributed by atoms with Crippen LogP contribution in [0.4, 0.5) is 5.69 Å². The van der Waals surface area contributed by atoms with E-state index < -0.39 is 0 Å². The highest BCUT2D eigenvalue weighted by atomic mass is 32.2. The van der Waals surface area contributed by atoms with E-state index in [1.165, 1.54) is 0 Å². The number of imidazole rings is 1. The second-order valence-electron chi connectivity index (χ2n) is 6.91. The minimum Gasteiger partial charge on any atom is -0.385 e. The molecule has 0 aliphatic rings. The summed E-state index contributed by atoms with van der Waals surface area (Å²) in [5.41, 5.74) is 3.78. The monoisotopic (exact) mass is 416 g/mol. The summed E-state index contributed by atoms with van der Waals surface area (Å²) in [5, 5.41) is 6.32. The highest BCUT2D eigenvalue weighted by Gasteiger charge is 2.06. The number of rotatable bonds is 9. The smallest absolute Gasteiger partial charge is 0.251 e. The number of carbonyl (C=O) groups is 1. The Bertz CT molecular complexity index is 1060. The van der Waals surface area contributed by atoms with Gasteiger partial charge in [0, 0.05) is 47.4 Å². The molecule has 0 unspecified atom stereocenters. The summed E-state index contributed by atoms with van der Waals surface area (Å²) in [4.78, 5) is 18.1. The third-order valence-electron chi connectivity index (χ3n) is 4.66. The van der Waals surface area contributed by atoms with Crippen LogP contribution in [0.15, 0.2) is 90.1 Å². The number of para-hydroxylation sites is 1. The lowest BCUT2D eigenvalue weighted by Crippen LogP contribution is -2.25. The van der Waals surface area contributed by atoms with Crippen LogP contribution in [0.5, 0.6) is 0 Å². The van der Waals surface area contributed by atoms with E-state index in [4.69, 9.17) is 0 Å². The summed E-state index contributed by atoms with van der Waals surface area (Å²) in [7, 11) is 0. The molecule has 1 amide bonds. The van der Waals surface area contributed by atoms with Gasteiger partial charge < -0.3 is 15.0 Å². The van der Waals surface area contributed by atoms with Crippen LogP contribution in [0.3, 0.4) is 0 Å². The molecule has 6 heteroatoms. The summed E-state index contributed by atoms with van der Waals surface area (Å²) >= 11 is 1.72. The summed E-state index contributed by atoms with van der Waals surface area (Å²) in [6.07, 6.45) is 4.92. The van der Waals surface area contributed by atoms with Gasteiger partial charge in [-0.1, -0.05) is 24.3 Å². The number of pyridine rings is 1. The molecule has 0 saturated heterocycles. The number of nitrogens with one attached hydrogen (secondary N) is 2. The number of hydrogen-bond acceptors (Lipinski definition) is 4. The third kappa shape index (κ3) is 5.42. The predicted octanol–water partition coefficient (Wildman–Crippen LogP) is 4.86. The Labute approximate surface area is 180 Å². The summed E-state index contributed by atoms with van der Waals surface area (Å²) in [6, 6.07) is 23.8. The molecule has 4 aromatic rings. The van der Waals surface area contributed by atoms with Crippen molar-refractivity contribution in [1.29, 1.82) is 0 Å². The number of anilines is 1. The molecule has 4 rings (SSSR count). The molecule has 0 bridgehead atoms. The van der Waals surface area contributed by atoms with E-state index in [0.717, 1.165) is 40.6 Å². The molecule has 2 aromatic heterocycles. The molecule has 2 aromatic carbocycles. The van der Waals surface area contributed by atoms with Gasteiger partial charge in [-0.3, -0.25) is 4.79 Å². The van der Waals surface area contributed by atoms with Crippen molar-refractivity contribution in [2.24, 2.45) is 0 Å². The first kappa shape index (κ1) is 20.0. The minimum absolute atomic E-state index is 0.0355. The van der Waals surface area contributed by atoms with Crippen molar-refractivity contribution < 1.29 is 4.79 Å². The van der Waals surface area contributed by atoms with Gasteiger partial charge in [-0.25, -0.2) is 4.98 Å². The first-order valence-corrected chi connectivity index (χ1v) is 11.0. The lowest BCUT2D eigenvalue weighted by Gasteiger charge is -2.08. The lowest BCUT2D eigenvalue weighted by atomic mass is 10.2. The molecule has 0 saturated carbocycles. The van der Waals surface area contributed by atoms with E-state index in [9.17, 15) is 4.79 Å². The quantitative estimate of drug-likeness (QED) is 0.302. The molecule has 0 fully saturated rings. The van der Waals surface area contributed by atoms with Crippen molar-refractivity contribution in [3.05, 3.63) is 96.4 Å². The van der Waals surface area contributed by atoms with Crippen molar-refractivity contribution in [3.8, 4) is 0 Å². The number of benzene rings is 2. The Morgan fingerprint density at radius 1 is 0.933 bits per heavy atom. The van der Waals surface area contributed by atoms with Crippen LogP contribution in [0.25, 0.3) is 5.65 Å². The fourth-order valence-electron chi connectivity index (χ4n) is 3.10. The van der Waals surface area contributed by atoms with Gasteiger partial charge in [0.25, 0.3) is 5.91 Å². The summed E-state index contributed by atoms with van der Waals surface area (Å²) in [6.45, 7) is 1.46. The van der Waals surface area contributed by atoms with Gasteiger partial charge >= 0.3 is 0 Å². The molecule has 0 spiro atoms. The largest absolute Gasteiger partial charge is 0.385 e. The van der Waals surface area contributed by atoms with E-state index in [0.29, 0.717) is 12.1 Å². The standard InChI is InChI=1S/C24H24N4OS/c29-24(26-15-6-14-25-20-7-2-1-3-8-20)19-10-12-22(13-11-19)30-18-21-17-28-16-5-4-9-23(28)27-21/h1-5,7-13,16-17,25H,6,14-15,18H2,(H,26,29). The van der Waals surface area contributed by atoms with Gasteiger partial charge in [-0.05, 0) is 55.0 Å². The van der Waals surface area contributed by atoms with Crippen molar-refractivity contribution in [1.82, 2.24) is 14.7 Å². The van der Waals surface area contributed by atoms with Crippen molar-refractivity contribution in [2.45, 2.75) is 17.1 Å². The average molecular weight is 417 g/mol. The van der Waals surface area contributed by atoms with Crippen molar-refractivity contribution in [3.63, 3.8) is 0 Å². The van der Waals surface area contributed by atoms with E-state index in [-0.39, 0.29) is 5.91 Å². The number of hydrogen-bond donors (Lipinski definition) is 2. The molecule has 0 radical (unpaired) electrons. The van der Waals surface area contributed by atoms with Crippen LogP contribution in [0.2, 0.25) is 0 Å². The van der Waals surface area contributed by atoms with Crippen LogP contribution in [0.1, 0.15) is 22.5 Å². The van der Waals surface area contributed by atoms with E-state index >= 15 is 0 Å². The molecule has 152 valence electrons. The highest BCUT2D eigenvalue weighted by Crippen LogP contribution is 2.23. The highest BCUT2D eigenvalue weighted by molar-refractivity contribution is 7.98. The van der Waals surface area contributed by atoms with Gasteiger partial charge in [0.05, 0.1) is 5.69 Å². The Hall–Kier alpha value is -3.25. The number of thioether (sulfide) groups is 1. The fraction of sp³-hybridized carbons (Fsp3) is 0.167. The molecular weight excluding hydrogens is 392 g/mol. The maximum absolute atomic E-state index is 12.3. The zero-order valence-corrected chi connectivity index (χ0v) is 17.4. The van der Waals surface area contributed by atoms with Crippen LogP contribution in [0, 0.1) is 0 Å². The van der Waals surface area contributed by atoms with Gasteiger partial charge in [-0.15, -0.1) is 11.8 Å². The van der Waals surface area contributed by atoms with Gasteiger partial charge in [0.1, 0.15) is 5.65 Å². The van der Waals surface area contributed by atoms with Crippen LogP contribution in [-0.4, -0.2) is 28.4 Å². The Kier molecular flexibility index (Phi) is 6.67. The molecular formula is C24H24N4OS. The Balaban J connectivity index is 1.20. The van der Waals surface area contributed by atoms with E-state index in [1.807, 2.05) is 83.4 Å². The average Bonchev–Trinajstić information content (AvgIpc) is 3.21. The maximum Gasteiger partial charge on any atom is 0.251 e. The normalized spacial score (nSPS) is 10.8. The van der Waals surface area contributed by atoms with Crippen molar-refractivity contribution in [2.75, 3.05) is 18.4 Å². The molecule has 5 nitrogen and oxygen atoms in total. The van der Waals surface area contributed by atoms with Crippen LogP contribution >= 0.6 is 11.8 Å². The minimum atomic E-state index is -0.0355. The molecule has 0 aliphatic heterocycles. The van der Waals surface area contributed by atoms with Crippen LogP contribution < -0.4 is 10.6 Å². The van der Waals surface area contributed by atoms with Crippen molar-refractivity contribution >= 4 is 29.0 Å². The zero-order chi connectivity index (χ0) is 20.6. The number of aromatic nitrogens is 2. The second-order valence-corrected chi connectivity index (χ2v) is 7.96. The third-order valence-corrected chi connectivity index (χ3v) is 5.70. The van der Waals surface area contributed by atoms with Crippen LogP contribution in [-0.2, 0) is 5.75 Å². The maximum atomic E-state index is 12.3. The summed E-state index contributed by atoms with van der Waals surface area (Å²) in [5.74, 6) is 0.758. The zero-order valence-electron chi connectivity index (χ0n) is 16.6. The molecule has 0 aliphatic carbocycles. The van der Waals surface area contributed by atoms with Gasteiger partial charge in [0.15, 0.2) is 0 Å². The Morgan fingerprint density at radius 3 is 2.53 bits per heavy atom. The second kappa shape index (κ2) is 9.98. The number of fused-ring (bicyclic) bond motifs is 1. The molecule has 30 heavy (non-hydrogen) atoms. The first-order valence-electron chi connectivity index (χ1n) is 10.0. The first-order chi connectivity index (χ1) is 14.8. The van der Waals surface area contributed by atoms with Gasteiger partial charge in [-0.2, -0.15) is 0 Å². The van der Waals surface area contributed by atoms with E-state index in [1.54, 1.807) is 11.8 Å². The molecule has 2 heterocycles. The number of nitrogens with zero attached hydrogens (tertiary/aromatic N) is 2. The summed E-state index contributed by atoms with van der Waals surface area (Å²) < 4.78 is 2.03. The van der Waals surface area contributed by atoms with E-state index in [2.05, 4.69) is 21.8 Å². The lowest BCUT2D eigenvalue weighted by molar-refractivity contribution is 0.0953. The fourth-order valence-corrected chi connectivity index (χ4v) is 3.88. The molecule has 2 N–H and O–H groups in total. The predicted molar refractivity (Wildman–Crippen MR) is 123 cm³/mol. The topological polar surface area (TPSA) is 58.4 Å². The SMILES string of the molecule is O=C(NCCCNc1ccccc1)c1ccc(SCc2cn3ccccc3n2)cc1. The number of amides is 1. The number of carbonyl (C=O) groups excluding carboxylic acids is 1.